The van der Waals surface area contributed by atoms with Crippen molar-refractivity contribution in [2.45, 2.75) is 32.5 Å². The molecule has 35 heavy (non-hydrogen) atoms. The molecule has 1 aliphatic heterocycles. The highest BCUT2D eigenvalue weighted by Gasteiger charge is 2.40. The van der Waals surface area contributed by atoms with Crippen LogP contribution in [0.4, 0.5) is 19.0 Å². The van der Waals surface area contributed by atoms with Crippen LogP contribution in [0.1, 0.15) is 25.8 Å². The van der Waals surface area contributed by atoms with E-state index in [1.54, 1.807) is 38.2 Å². The second-order valence-electron chi connectivity index (χ2n) is 8.90. The molecule has 6 nitrogen and oxygen atoms in total. The van der Waals surface area contributed by atoms with E-state index in [9.17, 15) is 23.2 Å². The van der Waals surface area contributed by atoms with Crippen LogP contribution >= 0.6 is 11.6 Å². The standard InChI is InChI=1S/C25H23ClF3N5O/c1-15(2)24(35)34(14-25(27,28)29)20-5-6-33(13-20)23-21(18-7-16(10-30)11-31-12-18)8-17-3-4-19(26)9-22(17)32-23/h3-4,7-9,11-12,15,20H,5-6,13-14H2,1-2H3/t20-/m0/s1. The topological polar surface area (TPSA) is 73.1 Å². The van der Waals surface area contributed by atoms with Crippen molar-refractivity contribution in [3.63, 3.8) is 0 Å². The maximum atomic E-state index is 13.3. The quantitative estimate of drug-likeness (QED) is 0.465. The van der Waals surface area contributed by atoms with Gasteiger partial charge in [0.1, 0.15) is 18.4 Å². The fraction of sp³-hybridized carbons (Fsp3) is 0.360. The Labute approximate surface area is 205 Å². The molecule has 3 heterocycles. The van der Waals surface area contributed by atoms with E-state index in [0.717, 1.165) is 10.3 Å². The summed E-state index contributed by atoms with van der Waals surface area (Å²) < 4.78 is 39.9. The number of amides is 1. The van der Waals surface area contributed by atoms with Crippen LogP contribution in [-0.4, -0.2) is 52.6 Å². The van der Waals surface area contributed by atoms with Gasteiger partial charge in [-0.15, -0.1) is 0 Å². The molecule has 0 radical (unpaired) electrons. The van der Waals surface area contributed by atoms with Crippen LogP contribution in [-0.2, 0) is 4.79 Å². The summed E-state index contributed by atoms with van der Waals surface area (Å²) in [6.45, 7) is 2.53. The van der Waals surface area contributed by atoms with Gasteiger partial charge in [0.25, 0.3) is 0 Å². The van der Waals surface area contributed by atoms with Gasteiger partial charge < -0.3 is 9.80 Å². The SMILES string of the molecule is CC(C)C(=O)N(CC(F)(F)F)[C@H]1CCN(c2nc3cc(Cl)ccc3cc2-c2cncc(C#N)c2)C1. The monoisotopic (exact) mass is 501 g/mol. The van der Waals surface area contributed by atoms with Gasteiger partial charge >= 0.3 is 6.18 Å². The highest BCUT2D eigenvalue weighted by Crippen LogP contribution is 2.36. The van der Waals surface area contributed by atoms with Gasteiger partial charge in [0.15, 0.2) is 0 Å². The maximum absolute atomic E-state index is 13.3. The van der Waals surface area contributed by atoms with Crippen LogP contribution in [0, 0.1) is 17.2 Å². The molecule has 0 saturated carbocycles. The number of alkyl halides is 3. The zero-order valence-electron chi connectivity index (χ0n) is 19.2. The zero-order valence-corrected chi connectivity index (χ0v) is 19.9. The maximum Gasteiger partial charge on any atom is 0.406 e. The van der Waals surface area contributed by atoms with Crippen molar-refractivity contribution in [3.8, 4) is 17.2 Å². The third kappa shape index (κ3) is 5.49. The number of pyridine rings is 2. The minimum absolute atomic E-state index is 0.200. The summed E-state index contributed by atoms with van der Waals surface area (Å²) in [6.07, 6.45) is -1.05. The molecule has 1 fully saturated rings. The van der Waals surface area contributed by atoms with E-state index in [2.05, 4.69) is 11.1 Å². The number of rotatable bonds is 5. The number of fused-ring (bicyclic) bond motifs is 1. The molecule has 10 heteroatoms. The van der Waals surface area contributed by atoms with Gasteiger partial charge in [-0.2, -0.15) is 18.4 Å². The number of hydrogen-bond donors (Lipinski definition) is 0. The van der Waals surface area contributed by atoms with E-state index in [1.807, 2.05) is 17.0 Å². The summed E-state index contributed by atoms with van der Waals surface area (Å²) in [5.74, 6) is -0.538. The number of nitriles is 1. The van der Waals surface area contributed by atoms with Crippen molar-refractivity contribution in [3.05, 3.63) is 53.3 Å². The average Bonchev–Trinajstić information content (AvgIpc) is 3.30. The molecule has 1 amide bonds. The highest BCUT2D eigenvalue weighted by molar-refractivity contribution is 6.31. The van der Waals surface area contributed by atoms with Crippen molar-refractivity contribution in [1.29, 1.82) is 5.26 Å². The zero-order chi connectivity index (χ0) is 25.3. The Morgan fingerprint density at radius 3 is 2.74 bits per heavy atom. The lowest BCUT2D eigenvalue weighted by Gasteiger charge is -2.31. The Morgan fingerprint density at radius 1 is 1.29 bits per heavy atom. The Balaban J connectivity index is 1.76. The number of carbonyl (C=O) groups is 1. The van der Waals surface area contributed by atoms with Gasteiger partial charge in [0, 0.05) is 52.9 Å². The van der Waals surface area contributed by atoms with Gasteiger partial charge in [-0.25, -0.2) is 4.98 Å². The summed E-state index contributed by atoms with van der Waals surface area (Å²) in [5.41, 5.74) is 2.37. The van der Waals surface area contributed by atoms with Crippen molar-refractivity contribution in [2.75, 3.05) is 24.5 Å². The van der Waals surface area contributed by atoms with Gasteiger partial charge in [0.2, 0.25) is 5.91 Å². The number of halogens is 4. The minimum Gasteiger partial charge on any atom is -0.354 e. The molecule has 4 rings (SSSR count). The average molecular weight is 502 g/mol. The highest BCUT2D eigenvalue weighted by atomic mass is 35.5. The molecule has 1 saturated heterocycles. The Morgan fingerprint density at radius 2 is 2.06 bits per heavy atom. The molecule has 0 unspecified atom stereocenters. The molecule has 0 spiro atoms. The van der Waals surface area contributed by atoms with Crippen LogP contribution in [0.15, 0.2) is 42.7 Å². The molecule has 0 aliphatic carbocycles. The first-order valence-corrected chi connectivity index (χ1v) is 11.5. The van der Waals surface area contributed by atoms with Crippen LogP contribution in [0.2, 0.25) is 5.02 Å². The third-order valence-corrected chi connectivity index (χ3v) is 6.20. The summed E-state index contributed by atoms with van der Waals surface area (Å²) in [5, 5.41) is 10.6. The van der Waals surface area contributed by atoms with Crippen molar-refractivity contribution < 1.29 is 18.0 Å². The first-order chi connectivity index (χ1) is 16.6. The number of anilines is 1. The van der Waals surface area contributed by atoms with Gasteiger partial charge in [0.05, 0.1) is 17.1 Å². The number of aromatic nitrogens is 2. The molecule has 182 valence electrons. The number of carbonyl (C=O) groups excluding carboxylic acids is 1. The molecular weight excluding hydrogens is 479 g/mol. The first-order valence-electron chi connectivity index (χ1n) is 11.1. The predicted molar refractivity (Wildman–Crippen MR) is 128 cm³/mol. The lowest BCUT2D eigenvalue weighted by atomic mass is 10.0. The molecule has 0 bridgehead atoms. The van der Waals surface area contributed by atoms with Crippen molar-refractivity contribution in [1.82, 2.24) is 14.9 Å². The fourth-order valence-corrected chi connectivity index (χ4v) is 4.50. The van der Waals surface area contributed by atoms with Crippen molar-refractivity contribution >= 4 is 34.2 Å². The third-order valence-electron chi connectivity index (χ3n) is 5.97. The molecule has 2 aromatic heterocycles. The lowest BCUT2D eigenvalue weighted by molar-refractivity contribution is -0.167. The molecule has 3 aromatic rings. The van der Waals surface area contributed by atoms with Crippen LogP contribution < -0.4 is 4.90 Å². The van der Waals surface area contributed by atoms with Crippen molar-refractivity contribution in [2.24, 2.45) is 5.92 Å². The number of nitrogens with zero attached hydrogens (tertiary/aromatic N) is 5. The van der Waals surface area contributed by atoms with Gasteiger partial charge in [-0.05, 0) is 30.7 Å². The van der Waals surface area contributed by atoms with E-state index >= 15 is 0 Å². The Hall–Kier alpha value is -3.38. The second kappa shape index (κ2) is 9.70. The van der Waals surface area contributed by atoms with E-state index in [-0.39, 0.29) is 6.54 Å². The lowest BCUT2D eigenvalue weighted by Crippen LogP contribution is -2.48. The van der Waals surface area contributed by atoms with Gasteiger partial charge in [-0.1, -0.05) is 31.5 Å². The molecular formula is C25H23ClF3N5O. The summed E-state index contributed by atoms with van der Waals surface area (Å²) in [7, 11) is 0. The number of hydrogen-bond acceptors (Lipinski definition) is 5. The fourth-order valence-electron chi connectivity index (χ4n) is 4.33. The summed E-state index contributed by atoms with van der Waals surface area (Å²) in [6, 6.07) is 10.4. The molecule has 1 atom stereocenters. The van der Waals surface area contributed by atoms with E-state index < -0.39 is 30.6 Å². The van der Waals surface area contributed by atoms with E-state index in [0.29, 0.717) is 46.0 Å². The van der Waals surface area contributed by atoms with Crippen LogP contribution in [0.5, 0.6) is 0 Å². The van der Waals surface area contributed by atoms with Crippen LogP contribution in [0.3, 0.4) is 0 Å². The van der Waals surface area contributed by atoms with Gasteiger partial charge in [-0.3, -0.25) is 9.78 Å². The Bertz CT molecular complexity index is 1300. The largest absolute Gasteiger partial charge is 0.406 e. The second-order valence-corrected chi connectivity index (χ2v) is 9.33. The molecule has 1 aliphatic rings. The normalized spacial score (nSPS) is 16.1. The molecule has 1 aromatic carbocycles. The molecule has 0 N–H and O–H groups in total. The first kappa shape index (κ1) is 24.7. The van der Waals surface area contributed by atoms with Crippen LogP contribution in [0.25, 0.3) is 22.0 Å². The predicted octanol–water partition coefficient (Wildman–Crippen LogP) is 5.45. The summed E-state index contributed by atoms with van der Waals surface area (Å²) in [4.78, 5) is 24.4. The smallest absolute Gasteiger partial charge is 0.354 e. The Kier molecular flexibility index (Phi) is 6.86. The van der Waals surface area contributed by atoms with E-state index in [4.69, 9.17) is 16.6 Å². The minimum atomic E-state index is -4.50. The number of benzene rings is 1. The van der Waals surface area contributed by atoms with E-state index in [1.165, 1.54) is 6.20 Å². The summed E-state index contributed by atoms with van der Waals surface area (Å²) >= 11 is 6.17.